The summed E-state index contributed by atoms with van der Waals surface area (Å²) in [5, 5.41) is 5.59. The number of thiazole rings is 1. The Labute approximate surface area is 129 Å². The van der Waals surface area contributed by atoms with Crippen LogP contribution in [0.25, 0.3) is 10.2 Å². The van der Waals surface area contributed by atoms with Crippen LogP contribution >= 0.6 is 11.3 Å². The highest BCUT2D eigenvalue weighted by Gasteiger charge is 2.11. The first-order valence-electron chi connectivity index (χ1n) is 6.43. The highest BCUT2D eigenvalue weighted by molar-refractivity contribution is 7.22. The second kappa shape index (κ2) is 5.98. The zero-order valence-electron chi connectivity index (χ0n) is 11.6. The first-order chi connectivity index (χ1) is 10.7. The molecule has 1 aromatic heterocycles. The van der Waals surface area contributed by atoms with Gasteiger partial charge in [-0.25, -0.2) is 14.2 Å². The van der Waals surface area contributed by atoms with Gasteiger partial charge in [0, 0.05) is 0 Å². The van der Waals surface area contributed by atoms with Gasteiger partial charge in [-0.3, -0.25) is 5.32 Å². The van der Waals surface area contributed by atoms with E-state index in [-0.39, 0.29) is 5.52 Å². The molecule has 0 atom stereocenters. The number of benzene rings is 2. The molecule has 0 bridgehead atoms. The van der Waals surface area contributed by atoms with Gasteiger partial charge in [0.05, 0.1) is 17.5 Å². The highest BCUT2D eigenvalue weighted by Crippen LogP contribution is 2.28. The molecule has 3 rings (SSSR count). The lowest BCUT2D eigenvalue weighted by Gasteiger charge is -2.09. The number of carbonyl (C=O) groups excluding carboxylic acids is 1. The predicted octanol–water partition coefficient (Wildman–Crippen LogP) is 4.09. The van der Waals surface area contributed by atoms with Crippen molar-refractivity contribution in [2.24, 2.45) is 0 Å². The summed E-state index contributed by atoms with van der Waals surface area (Å²) in [4.78, 5) is 16.1. The molecule has 0 aliphatic rings. The Morgan fingerprint density at radius 2 is 2.00 bits per heavy atom. The van der Waals surface area contributed by atoms with Crippen LogP contribution in [0.3, 0.4) is 0 Å². The minimum absolute atomic E-state index is 0.250. The number of amides is 2. The summed E-state index contributed by atoms with van der Waals surface area (Å²) >= 11 is 1.21. The van der Waals surface area contributed by atoms with Gasteiger partial charge in [-0.2, -0.15) is 0 Å². The summed E-state index contributed by atoms with van der Waals surface area (Å²) in [5.74, 6) is 0.139. The lowest BCUT2D eigenvalue weighted by atomic mass is 10.3. The Kier molecular flexibility index (Phi) is 3.88. The Morgan fingerprint density at radius 3 is 2.77 bits per heavy atom. The van der Waals surface area contributed by atoms with E-state index in [0.717, 1.165) is 0 Å². The first kappa shape index (κ1) is 14.3. The number of ether oxygens (including phenoxy) is 1. The molecule has 7 heteroatoms. The summed E-state index contributed by atoms with van der Waals surface area (Å²) in [7, 11) is 1.52. The number of aromatic nitrogens is 1. The van der Waals surface area contributed by atoms with Crippen LogP contribution in [-0.2, 0) is 0 Å². The van der Waals surface area contributed by atoms with E-state index in [1.807, 2.05) is 0 Å². The quantitative estimate of drug-likeness (QED) is 0.765. The van der Waals surface area contributed by atoms with Crippen molar-refractivity contribution in [2.75, 3.05) is 17.7 Å². The third-order valence-electron chi connectivity index (χ3n) is 2.95. The molecule has 0 aliphatic heterocycles. The number of fused-ring (bicyclic) bond motifs is 1. The summed E-state index contributed by atoms with van der Waals surface area (Å²) in [6.07, 6.45) is 0. The van der Waals surface area contributed by atoms with Crippen molar-refractivity contribution in [3.63, 3.8) is 0 Å². The van der Waals surface area contributed by atoms with Crippen molar-refractivity contribution in [3.8, 4) is 5.75 Å². The number of anilines is 2. The van der Waals surface area contributed by atoms with Crippen molar-refractivity contribution in [2.45, 2.75) is 0 Å². The number of nitrogens with zero attached hydrogens (tertiary/aromatic N) is 1. The van der Waals surface area contributed by atoms with Crippen molar-refractivity contribution < 1.29 is 13.9 Å². The molecule has 0 saturated heterocycles. The predicted molar refractivity (Wildman–Crippen MR) is 85.2 cm³/mol. The normalized spacial score (nSPS) is 10.5. The second-order valence-corrected chi connectivity index (χ2v) is 5.42. The maximum absolute atomic E-state index is 13.6. The van der Waals surface area contributed by atoms with Gasteiger partial charge in [0.2, 0.25) is 0 Å². The average molecular weight is 317 g/mol. The zero-order valence-corrected chi connectivity index (χ0v) is 12.4. The van der Waals surface area contributed by atoms with Crippen molar-refractivity contribution in [1.29, 1.82) is 0 Å². The summed E-state index contributed by atoms with van der Waals surface area (Å²) in [6.45, 7) is 0. The minimum Gasteiger partial charge on any atom is -0.495 e. The number of methoxy groups -OCH3 is 1. The van der Waals surface area contributed by atoms with Crippen LogP contribution in [0.1, 0.15) is 0 Å². The van der Waals surface area contributed by atoms with Crippen molar-refractivity contribution in [3.05, 3.63) is 48.3 Å². The van der Waals surface area contributed by atoms with E-state index in [1.54, 1.807) is 36.4 Å². The monoisotopic (exact) mass is 317 g/mol. The minimum atomic E-state index is -0.469. The second-order valence-electron chi connectivity index (χ2n) is 4.39. The molecule has 0 saturated carbocycles. The van der Waals surface area contributed by atoms with E-state index in [2.05, 4.69) is 15.6 Å². The van der Waals surface area contributed by atoms with Gasteiger partial charge < -0.3 is 10.1 Å². The molecule has 0 unspecified atom stereocenters. The molecule has 2 N–H and O–H groups in total. The number of nitrogens with one attached hydrogen (secondary N) is 2. The fourth-order valence-electron chi connectivity index (χ4n) is 1.97. The molecule has 3 aromatic rings. The molecule has 0 radical (unpaired) electrons. The third kappa shape index (κ3) is 2.84. The molecule has 112 valence electrons. The smallest absolute Gasteiger partial charge is 0.325 e. The Morgan fingerprint density at radius 1 is 1.18 bits per heavy atom. The van der Waals surface area contributed by atoms with E-state index in [4.69, 9.17) is 4.74 Å². The standard InChI is InChI=1S/C15H12FN3O2S/c1-21-11-7-3-2-6-10(11)17-14(20)19-15-18-13-9(16)5-4-8-12(13)22-15/h2-8H,1H3,(H2,17,18,19,20). The molecular formula is C15H12FN3O2S. The van der Waals surface area contributed by atoms with Gasteiger partial charge in [-0.15, -0.1) is 0 Å². The first-order valence-corrected chi connectivity index (χ1v) is 7.25. The van der Waals surface area contributed by atoms with Gasteiger partial charge in [0.25, 0.3) is 0 Å². The lowest BCUT2D eigenvalue weighted by molar-refractivity contribution is 0.262. The number of urea groups is 1. The molecule has 0 spiro atoms. The number of para-hydroxylation sites is 3. The van der Waals surface area contributed by atoms with Crippen LogP contribution in [0.2, 0.25) is 0 Å². The van der Waals surface area contributed by atoms with Gasteiger partial charge in [0.1, 0.15) is 17.1 Å². The average Bonchev–Trinajstić information content (AvgIpc) is 2.91. The number of carbonyl (C=O) groups is 1. The molecule has 2 amide bonds. The number of hydrogen-bond donors (Lipinski definition) is 2. The van der Waals surface area contributed by atoms with Crippen LogP contribution in [0.15, 0.2) is 42.5 Å². The molecular weight excluding hydrogens is 305 g/mol. The Bertz CT molecular complexity index is 835. The van der Waals surface area contributed by atoms with Crippen LogP contribution in [-0.4, -0.2) is 18.1 Å². The maximum atomic E-state index is 13.6. The van der Waals surface area contributed by atoms with Crippen LogP contribution in [0.5, 0.6) is 5.75 Å². The third-order valence-corrected chi connectivity index (χ3v) is 3.88. The fourth-order valence-corrected chi connectivity index (χ4v) is 2.84. The molecule has 0 fully saturated rings. The summed E-state index contributed by atoms with van der Waals surface area (Å²) in [6, 6.07) is 11.3. The van der Waals surface area contributed by atoms with Crippen LogP contribution in [0, 0.1) is 5.82 Å². The summed E-state index contributed by atoms with van der Waals surface area (Å²) < 4.78 is 19.4. The van der Waals surface area contributed by atoms with Gasteiger partial charge >= 0.3 is 6.03 Å². The van der Waals surface area contributed by atoms with Crippen molar-refractivity contribution in [1.82, 2.24) is 4.98 Å². The molecule has 2 aromatic carbocycles. The Balaban J connectivity index is 1.77. The van der Waals surface area contributed by atoms with E-state index in [1.165, 1.54) is 24.5 Å². The van der Waals surface area contributed by atoms with E-state index < -0.39 is 11.8 Å². The van der Waals surface area contributed by atoms with Gasteiger partial charge in [-0.1, -0.05) is 29.5 Å². The number of halogens is 1. The van der Waals surface area contributed by atoms with Gasteiger partial charge in [-0.05, 0) is 24.3 Å². The zero-order chi connectivity index (χ0) is 15.5. The molecule has 22 heavy (non-hydrogen) atoms. The highest BCUT2D eigenvalue weighted by atomic mass is 32.1. The van der Waals surface area contributed by atoms with E-state index in [0.29, 0.717) is 21.3 Å². The molecule has 5 nitrogen and oxygen atoms in total. The fraction of sp³-hybridized carbons (Fsp3) is 0.0667. The van der Waals surface area contributed by atoms with E-state index in [9.17, 15) is 9.18 Å². The maximum Gasteiger partial charge on any atom is 0.325 e. The van der Waals surface area contributed by atoms with Crippen molar-refractivity contribution >= 4 is 38.4 Å². The molecule has 0 aliphatic carbocycles. The molecule has 1 heterocycles. The number of hydrogen-bond acceptors (Lipinski definition) is 4. The Hall–Kier alpha value is -2.67. The van der Waals surface area contributed by atoms with Gasteiger partial charge in [0.15, 0.2) is 5.13 Å². The SMILES string of the molecule is COc1ccccc1NC(=O)Nc1nc2c(F)cccc2s1. The lowest BCUT2D eigenvalue weighted by Crippen LogP contribution is -2.19. The number of rotatable bonds is 3. The van der Waals surface area contributed by atoms with E-state index >= 15 is 0 Å². The topological polar surface area (TPSA) is 63.2 Å². The van der Waals surface area contributed by atoms with Crippen LogP contribution in [0.4, 0.5) is 20.0 Å². The largest absolute Gasteiger partial charge is 0.495 e. The summed E-state index contributed by atoms with van der Waals surface area (Å²) in [5.41, 5.74) is 0.787. The van der Waals surface area contributed by atoms with Crippen LogP contribution < -0.4 is 15.4 Å².